The van der Waals surface area contributed by atoms with Gasteiger partial charge in [-0.1, -0.05) is 0 Å². The van der Waals surface area contributed by atoms with E-state index in [4.69, 9.17) is 4.74 Å². The van der Waals surface area contributed by atoms with Crippen LogP contribution in [0.2, 0.25) is 0 Å². The van der Waals surface area contributed by atoms with Crippen LogP contribution in [0.5, 0.6) is 5.75 Å². The summed E-state index contributed by atoms with van der Waals surface area (Å²) in [5.41, 5.74) is 5.18. The molecule has 0 aliphatic rings. The quantitative estimate of drug-likeness (QED) is 0.404. The van der Waals surface area contributed by atoms with E-state index in [-0.39, 0.29) is 14.5 Å². The Labute approximate surface area is 154 Å². The molecule has 0 unspecified atom stereocenters. The Morgan fingerprint density at radius 1 is 0.640 bits per heavy atom. The first-order valence-electron chi connectivity index (χ1n) is 8.24. The average molecular weight is 389 g/mol. The van der Waals surface area contributed by atoms with Gasteiger partial charge in [0.25, 0.3) is 0 Å². The second kappa shape index (κ2) is 7.14. The Bertz CT molecular complexity index is 914. The molecule has 0 saturated carbocycles. The fourth-order valence-corrected chi connectivity index (χ4v) is 5.43. The third-order valence-electron chi connectivity index (χ3n) is 4.21. The van der Waals surface area contributed by atoms with Crippen LogP contribution in [0.1, 0.15) is 0 Å². The van der Waals surface area contributed by atoms with Crippen molar-refractivity contribution in [3.8, 4) is 36.9 Å². The zero-order valence-electron chi connectivity index (χ0n) is 14.0. The van der Waals surface area contributed by atoms with E-state index in [1.54, 1.807) is 7.11 Å². The third-order valence-corrected chi connectivity index (χ3v) is 6.79. The molecule has 0 aliphatic carbocycles. The van der Waals surface area contributed by atoms with Crippen LogP contribution < -0.4 is 4.74 Å². The molecule has 4 aromatic rings. The van der Waals surface area contributed by atoms with Crippen LogP contribution in [-0.2, 0) is 0 Å². The van der Waals surface area contributed by atoms with Crippen molar-refractivity contribution in [2.75, 3.05) is 7.11 Å². The van der Waals surface area contributed by atoms with Gasteiger partial charge in [0.15, 0.2) is 0 Å². The third kappa shape index (κ3) is 3.32. The Morgan fingerprint density at radius 2 is 1.28 bits per heavy atom. The van der Waals surface area contributed by atoms with Crippen LogP contribution in [0, 0.1) is 0 Å². The monoisotopic (exact) mass is 390 g/mol. The van der Waals surface area contributed by atoms with Crippen molar-refractivity contribution in [1.82, 2.24) is 0 Å². The maximum absolute atomic E-state index is 5.40. The van der Waals surface area contributed by atoms with Crippen molar-refractivity contribution in [2.45, 2.75) is 0 Å². The molecule has 122 valence electrons. The summed E-state index contributed by atoms with van der Waals surface area (Å²) in [5, 5.41) is 0. The number of methoxy groups -OCH3 is 1. The molecule has 0 spiro atoms. The van der Waals surface area contributed by atoms with Crippen LogP contribution >= 0.6 is 0 Å². The van der Waals surface area contributed by atoms with Crippen LogP contribution in [0.3, 0.4) is 0 Å². The average Bonchev–Trinajstić information content (AvgIpc) is 3.15. The number of benzene rings is 3. The van der Waals surface area contributed by atoms with Crippen molar-refractivity contribution >= 4 is 14.5 Å². The molecular formula is C23H18OSe. The van der Waals surface area contributed by atoms with E-state index < -0.39 is 0 Å². The summed E-state index contributed by atoms with van der Waals surface area (Å²) in [6, 6.07) is 32.1. The van der Waals surface area contributed by atoms with E-state index >= 15 is 0 Å². The molecule has 0 saturated heterocycles. The molecule has 1 aromatic heterocycles. The van der Waals surface area contributed by atoms with E-state index in [0.717, 1.165) is 5.75 Å². The van der Waals surface area contributed by atoms with Gasteiger partial charge in [-0.25, -0.2) is 0 Å². The summed E-state index contributed by atoms with van der Waals surface area (Å²) in [6.07, 6.45) is 0. The number of hydrogen-bond donors (Lipinski definition) is 0. The zero-order valence-corrected chi connectivity index (χ0v) is 15.7. The van der Waals surface area contributed by atoms with Crippen molar-refractivity contribution in [1.29, 1.82) is 0 Å². The molecule has 2 heteroatoms. The molecule has 0 amide bonds. The standard InChI is InChI=1S/C23H18OSe/c1-24-20-14-8-13-19(15-20)22-16-21(17-9-4-2-5-10-17)23(25-22)18-11-6-3-7-12-18/h2-16H,1H3. The van der Waals surface area contributed by atoms with E-state index in [0.29, 0.717) is 0 Å². The summed E-state index contributed by atoms with van der Waals surface area (Å²) < 4.78 is 8.24. The first kappa shape index (κ1) is 16.0. The number of ether oxygens (including phenoxy) is 1. The van der Waals surface area contributed by atoms with Gasteiger partial charge in [0, 0.05) is 0 Å². The van der Waals surface area contributed by atoms with Gasteiger partial charge in [-0.2, -0.15) is 0 Å². The molecule has 1 nitrogen and oxygen atoms in total. The molecule has 1 heterocycles. The van der Waals surface area contributed by atoms with Crippen molar-refractivity contribution < 1.29 is 4.74 Å². The molecule has 0 aliphatic heterocycles. The summed E-state index contributed by atoms with van der Waals surface area (Å²) >= 11 is 0.263. The van der Waals surface area contributed by atoms with Gasteiger partial charge >= 0.3 is 154 Å². The van der Waals surface area contributed by atoms with Crippen LogP contribution in [0.15, 0.2) is 91.0 Å². The van der Waals surface area contributed by atoms with Crippen LogP contribution in [0.25, 0.3) is 31.1 Å². The molecule has 0 bridgehead atoms. The van der Waals surface area contributed by atoms with E-state index in [9.17, 15) is 0 Å². The van der Waals surface area contributed by atoms with Gasteiger partial charge in [-0.05, 0) is 0 Å². The maximum atomic E-state index is 5.40. The summed E-state index contributed by atoms with van der Waals surface area (Å²) in [6.45, 7) is 0. The number of rotatable bonds is 4. The predicted molar refractivity (Wildman–Crippen MR) is 106 cm³/mol. The second-order valence-electron chi connectivity index (χ2n) is 5.82. The fraction of sp³-hybridized carbons (Fsp3) is 0.0435. The van der Waals surface area contributed by atoms with Crippen LogP contribution in [-0.4, -0.2) is 21.6 Å². The zero-order chi connectivity index (χ0) is 17.1. The Morgan fingerprint density at radius 3 is 1.96 bits per heavy atom. The van der Waals surface area contributed by atoms with Crippen molar-refractivity contribution in [3.63, 3.8) is 0 Å². The van der Waals surface area contributed by atoms with Gasteiger partial charge in [-0.3, -0.25) is 0 Å². The van der Waals surface area contributed by atoms with E-state index in [1.165, 1.54) is 31.1 Å². The van der Waals surface area contributed by atoms with Gasteiger partial charge < -0.3 is 0 Å². The molecule has 25 heavy (non-hydrogen) atoms. The first-order valence-corrected chi connectivity index (χ1v) is 9.95. The Kier molecular flexibility index (Phi) is 4.56. The van der Waals surface area contributed by atoms with Gasteiger partial charge in [0.2, 0.25) is 0 Å². The van der Waals surface area contributed by atoms with Crippen molar-refractivity contribution in [3.05, 3.63) is 91.0 Å². The molecule has 0 atom stereocenters. The second-order valence-corrected chi connectivity index (χ2v) is 8.03. The first-order chi connectivity index (χ1) is 12.3. The topological polar surface area (TPSA) is 9.23 Å². The predicted octanol–water partition coefficient (Wildman–Crippen LogP) is 5.75. The molecule has 0 N–H and O–H groups in total. The van der Waals surface area contributed by atoms with E-state index in [1.807, 2.05) is 6.07 Å². The van der Waals surface area contributed by atoms with Crippen molar-refractivity contribution in [2.24, 2.45) is 0 Å². The molecule has 3 aromatic carbocycles. The van der Waals surface area contributed by atoms with Gasteiger partial charge in [0.05, 0.1) is 0 Å². The van der Waals surface area contributed by atoms with Gasteiger partial charge in [0.1, 0.15) is 0 Å². The SMILES string of the molecule is COc1cccc(-c2cc(-c3ccccc3)c(-c3ccccc3)[se]2)c1. The molecule has 0 radical (unpaired) electrons. The Balaban J connectivity index is 1.89. The van der Waals surface area contributed by atoms with Crippen LogP contribution in [0.4, 0.5) is 0 Å². The minimum absolute atomic E-state index is 0.263. The molecule has 0 fully saturated rings. The minimum atomic E-state index is 0.263. The van der Waals surface area contributed by atoms with E-state index in [2.05, 4.69) is 84.9 Å². The summed E-state index contributed by atoms with van der Waals surface area (Å²) in [5.74, 6) is 0.906. The Hall–Kier alpha value is -2.54. The fourth-order valence-electron chi connectivity index (χ4n) is 2.95. The number of hydrogen-bond acceptors (Lipinski definition) is 1. The molecular weight excluding hydrogens is 371 g/mol. The normalized spacial score (nSPS) is 10.6. The summed E-state index contributed by atoms with van der Waals surface area (Å²) in [7, 11) is 1.72. The molecule has 4 rings (SSSR count). The van der Waals surface area contributed by atoms with Gasteiger partial charge in [-0.15, -0.1) is 0 Å². The summed E-state index contributed by atoms with van der Waals surface area (Å²) in [4.78, 5) is 0.